The van der Waals surface area contributed by atoms with Crippen LogP contribution in [0.5, 0.6) is 0 Å². The van der Waals surface area contributed by atoms with Gasteiger partial charge in [-0.2, -0.15) is 26.3 Å². The third-order valence-corrected chi connectivity index (χ3v) is 9.95. The number of carbonyl (C=O) groups excluding carboxylic acids is 1. The first-order valence-electron chi connectivity index (χ1n) is 13.4. The van der Waals surface area contributed by atoms with Crippen molar-refractivity contribution in [2.24, 2.45) is 0 Å². The lowest BCUT2D eigenvalue weighted by molar-refractivity contribution is -0.392. The molecule has 1 aliphatic carbocycles. The van der Waals surface area contributed by atoms with Gasteiger partial charge in [0.2, 0.25) is 0 Å². The Kier molecular flexibility index (Phi) is 9.36. The van der Waals surface area contributed by atoms with E-state index < -0.39 is 62.7 Å². The SMILES string of the molecule is CCCOC(=O)NC1CC(c2ccc(C(OCc3ccccc3)(C(F)(F)F)C(F)(F)F)cc2)(S(=O)(=O)c2ccc(F)cc2)C1. The van der Waals surface area contributed by atoms with E-state index in [1.165, 1.54) is 30.3 Å². The summed E-state index contributed by atoms with van der Waals surface area (Å²) in [5.41, 5.74) is -6.09. The fourth-order valence-electron chi connectivity index (χ4n) is 5.20. The van der Waals surface area contributed by atoms with Gasteiger partial charge in [0.1, 0.15) is 10.6 Å². The lowest BCUT2D eigenvalue weighted by Crippen LogP contribution is -2.57. The molecule has 0 aromatic heterocycles. The van der Waals surface area contributed by atoms with Gasteiger partial charge in [-0.05, 0) is 54.7 Å². The van der Waals surface area contributed by atoms with Gasteiger partial charge in [0.25, 0.3) is 5.60 Å². The van der Waals surface area contributed by atoms with E-state index in [9.17, 15) is 43.9 Å². The molecule has 14 heteroatoms. The Morgan fingerprint density at radius 1 is 0.886 bits per heavy atom. The summed E-state index contributed by atoms with van der Waals surface area (Å²) in [5.74, 6) is -0.722. The molecule has 0 bridgehead atoms. The van der Waals surface area contributed by atoms with E-state index in [4.69, 9.17) is 4.74 Å². The van der Waals surface area contributed by atoms with Crippen LogP contribution in [0.2, 0.25) is 0 Å². The second-order valence-corrected chi connectivity index (χ2v) is 12.6. The maximum Gasteiger partial charge on any atom is 0.430 e. The van der Waals surface area contributed by atoms with Crippen molar-refractivity contribution in [1.29, 1.82) is 0 Å². The highest BCUT2D eigenvalue weighted by Crippen LogP contribution is 2.55. The fraction of sp³-hybridized carbons (Fsp3) is 0.367. The molecule has 44 heavy (non-hydrogen) atoms. The molecule has 3 aromatic rings. The summed E-state index contributed by atoms with van der Waals surface area (Å²) in [5, 5.41) is 2.51. The van der Waals surface area contributed by atoms with Crippen LogP contribution in [0, 0.1) is 5.82 Å². The third kappa shape index (κ3) is 6.14. The average Bonchev–Trinajstić information content (AvgIpc) is 2.93. The molecule has 6 nitrogen and oxygen atoms in total. The number of nitrogens with one attached hydrogen (secondary N) is 1. The topological polar surface area (TPSA) is 81.7 Å². The van der Waals surface area contributed by atoms with Crippen molar-refractivity contribution in [3.8, 4) is 0 Å². The molecule has 0 saturated heterocycles. The van der Waals surface area contributed by atoms with Crippen molar-refractivity contribution in [1.82, 2.24) is 5.32 Å². The normalized spacial score (nSPS) is 19.2. The van der Waals surface area contributed by atoms with Crippen molar-refractivity contribution >= 4 is 15.9 Å². The molecule has 1 N–H and O–H groups in total. The molecule has 0 aliphatic heterocycles. The number of alkyl halides is 6. The lowest BCUT2D eigenvalue weighted by atomic mass is 9.74. The highest BCUT2D eigenvalue weighted by molar-refractivity contribution is 7.92. The Labute approximate surface area is 249 Å². The molecule has 238 valence electrons. The third-order valence-electron chi connectivity index (χ3n) is 7.46. The summed E-state index contributed by atoms with van der Waals surface area (Å²) in [6, 6.07) is 12.9. The largest absolute Gasteiger partial charge is 0.450 e. The van der Waals surface area contributed by atoms with E-state index in [1.807, 2.05) is 0 Å². The number of halogens is 7. The summed E-state index contributed by atoms with van der Waals surface area (Å²) in [7, 11) is -4.41. The van der Waals surface area contributed by atoms with Gasteiger partial charge < -0.3 is 14.8 Å². The number of carbonyl (C=O) groups is 1. The van der Waals surface area contributed by atoms with Crippen LogP contribution in [0.15, 0.2) is 83.8 Å². The van der Waals surface area contributed by atoms with Crippen molar-refractivity contribution in [3.63, 3.8) is 0 Å². The summed E-state index contributed by atoms with van der Waals surface area (Å²) >= 11 is 0. The van der Waals surface area contributed by atoms with Crippen LogP contribution in [-0.2, 0) is 36.3 Å². The van der Waals surface area contributed by atoms with E-state index in [-0.39, 0.29) is 35.5 Å². The number of sulfone groups is 1. The van der Waals surface area contributed by atoms with Gasteiger partial charge >= 0.3 is 18.4 Å². The molecule has 0 heterocycles. The van der Waals surface area contributed by atoms with Gasteiger partial charge in [0, 0.05) is 11.6 Å². The van der Waals surface area contributed by atoms with E-state index in [0.29, 0.717) is 18.6 Å². The molecule has 1 aliphatic rings. The van der Waals surface area contributed by atoms with Crippen LogP contribution in [0.3, 0.4) is 0 Å². The molecule has 3 aromatic carbocycles. The molecule has 1 amide bonds. The minimum absolute atomic E-state index is 0.0665. The number of hydrogen-bond donors (Lipinski definition) is 1. The van der Waals surface area contributed by atoms with Crippen molar-refractivity contribution in [2.45, 2.75) is 66.4 Å². The van der Waals surface area contributed by atoms with Crippen molar-refractivity contribution in [3.05, 3.63) is 101 Å². The van der Waals surface area contributed by atoms with E-state index in [2.05, 4.69) is 10.1 Å². The molecule has 0 atom stereocenters. The Hall–Kier alpha value is -3.65. The number of rotatable bonds is 10. The maximum absolute atomic E-state index is 14.4. The minimum atomic E-state index is -5.95. The Morgan fingerprint density at radius 3 is 1.98 bits per heavy atom. The zero-order valence-electron chi connectivity index (χ0n) is 23.2. The highest BCUT2D eigenvalue weighted by atomic mass is 32.2. The molecule has 1 saturated carbocycles. The molecule has 0 spiro atoms. The first kappa shape index (κ1) is 33.2. The van der Waals surface area contributed by atoms with Crippen LogP contribution < -0.4 is 5.32 Å². The zero-order valence-corrected chi connectivity index (χ0v) is 24.0. The monoisotopic (exact) mass is 647 g/mol. The van der Waals surface area contributed by atoms with Crippen LogP contribution in [0.1, 0.15) is 42.9 Å². The molecule has 0 unspecified atom stereocenters. The highest BCUT2D eigenvalue weighted by Gasteiger charge is 2.73. The molecule has 4 rings (SSSR count). The summed E-state index contributed by atoms with van der Waals surface area (Å²) in [6.45, 7) is 0.844. The second kappa shape index (κ2) is 12.4. The molecular formula is C30H28F7NO5S. The summed E-state index contributed by atoms with van der Waals surface area (Å²) in [4.78, 5) is 11.7. The van der Waals surface area contributed by atoms with Gasteiger partial charge in [-0.15, -0.1) is 0 Å². The Balaban J connectivity index is 1.75. The van der Waals surface area contributed by atoms with Crippen LogP contribution in [0.4, 0.5) is 35.5 Å². The molecular weight excluding hydrogens is 619 g/mol. The van der Waals surface area contributed by atoms with Crippen LogP contribution >= 0.6 is 0 Å². The van der Waals surface area contributed by atoms with E-state index >= 15 is 0 Å². The Morgan fingerprint density at radius 2 is 1.45 bits per heavy atom. The average molecular weight is 648 g/mol. The van der Waals surface area contributed by atoms with E-state index in [1.54, 1.807) is 6.92 Å². The number of alkyl carbamates (subject to hydrolysis) is 1. The molecule has 1 fully saturated rings. The first-order chi connectivity index (χ1) is 20.6. The smallest absolute Gasteiger partial charge is 0.430 e. The summed E-state index contributed by atoms with van der Waals surface area (Å²) < 4.78 is 135. The van der Waals surface area contributed by atoms with Gasteiger partial charge in [0.15, 0.2) is 9.84 Å². The zero-order chi connectivity index (χ0) is 32.4. The molecule has 0 radical (unpaired) electrons. The van der Waals surface area contributed by atoms with Crippen molar-refractivity contribution in [2.75, 3.05) is 6.61 Å². The predicted molar refractivity (Wildman–Crippen MR) is 145 cm³/mol. The predicted octanol–water partition coefficient (Wildman–Crippen LogP) is 7.33. The fourth-order valence-corrected chi connectivity index (χ4v) is 7.43. The number of hydrogen-bond acceptors (Lipinski definition) is 5. The van der Waals surface area contributed by atoms with Gasteiger partial charge in [-0.25, -0.2) is 17.6 Å². The quantitative estimate of drug-likeness (QED) is 0.184. The Bertz CT molecular complexity index is 1520. The van der Waals surface area contributed by atoms with Crippen molar-refractivity contribution < 1.29 is 53.4 Å². The summed E-state index contributed by atoms with van der Waals surface area (Å²) in [6.07, 6.45) is -12.7. The van der Waals surface area contributed by atoms with Gasteiger partial charge in [-0.1, -0.05) is 61.5 Å². The van der Waals surface area contributed by atoms with Gasteiger partial charge in [0.05, 0.1) is 18.1 Å². The maximum atomic E-state index is 14.4. The standard InChI is InChI=1S/C30H28F7NO5S/c1-2-16-42-26(39)38-24-17-27(18-24,44(40,41)25-14-12-23(31)13-15-25)21-8-10-22(11-9-21)28(29(32,33)34,30(35,36)37)43-19-20-6-4-3-5-7-20/h3-15,24H,2,16-19H2,1H3,(H,38,39). The lowest BCUT2D eigenvalue weighted by Gasteiger charge is -2.47. The number of ether oxygens (including phenoxy) is 2. The minimum Gasteiger partial charge on any atom is -0.450 e. The number of amides is 1. The number of benzene rings is 3. The van der Waals surface area contributed by atoms with E-state index in [0.717, 1.165) is 36.4 Å². The van der Waals surface area contributed by atoms with Gasteiger partial charge in [-0.3, -0.25) is 0 Å². The second-order valence-electron chi connectivity index (χ2n) is 10.4. The van der Waals surface area contributed by atoms with Crippen LogP contribution in [0.25, 0.3) is 0 Å². The first-order valence-corrected chi connectivity index (χ1v) is 14.9. The van der Waals surface area contributed by atoms with Crippen LogP contribution in [-0.4, -0.2) is 39.5 Å².